The fourth-order valence-electron chi connectivity index (χ4n) is 4.73. The lowest BCUT2D eigenvalue weighted by atomic mass is 9.84. The molecule has 0 bridgehead atoms. The van der Waals surface area contributed by atoms with Crippen LogP contribution in [0.4, 0.5) is 11.4 Å². The molecule has 150 valence electrons. The maximum Gasteiger partial charge on any atom is 0.274 e. The summed E-state index contributed by atoms with van der Waals surface area (Å²) in [6, 6.07) is 8.59. The van der Waals surface area contributed by atoms with Gasteiger partial charge in [0.2, 0.25) is 0 Å². The summed E-state index contributed by atoms with van der Waals surface area (Å²) in [5.74, 6) is 0.901. The highest BCUT2D eigenvalue weighted by Crippen LogP contribution is 2.37. The Morgan fingerprint density at radius 1 is 1.14 bits per heavy atom. The van der Waals surface area contributed by atoms with E-state index in [1.807, 2.05) is 17.0 Å². The number of amidine groups is 1. The van der Waals surface area contributed by atoms with Crippen LogP contribution in [0, 0.1) is 0 Å². The Hall–Kier alpha value is -2.96. The first-order valence-corrected chi connectivity index (χ1v) is 10.5. The Morgan fingerprint density at radius 2 is 1.97 bits per heavy atom. The molecule has 1 spiro atoms. The number of likely N-dealkylation sites (tertiary alicyclic amines) is 1. The first-order valence-electron chi connectivity index (χ1n) is 10.5. The molecule has 5 rings (SSSR count). The van der Waals surface area contributed by atoms with Gasteiger partial charge in [-0.25, -0.2) is 4.98 Å². The topological polar surface area (TPSA) is 82.5 Å². The van der Waals surface area contributed by atoms with Crippen LogP contribution in [-0.4, -0.2) is 51.3 Å². The van der Waals surface area contributed by atoms with Crippen LogP contribution < -0.4 is 10.6 Å². The number of fused-ring (bicyclic) bond motifs is 1. The number of rotatable bonds is 2. The van der Waals surface area contributed by atoms with Crippen molar-refractivity contribution in [2.24, 2.45) is 4.99 Å². The van der Waals surface area contributed by atoms with Gasteiger partial charge in [0.1, 0.15) is 17.1 Å². The Balaban J connectivity index is 1.48. The molecule has 7 heteroatoms. The average Bonchev–Trinajstić information content (AvgIpc) is 3.28. The van der Waals surface area contributed by atoms with Crippen LogP contribution in [0.2, 0.25) is 0 Å². The largest absolute Gasteiger partial charge is 0.370 e. The Kier molecular flexibility index (Phi) is 4.66. The van der Waals surface area contributed by atoms with Gasteiger partial charge in [0, 0.05) is 18.9 Å². The minimum absolute atomic E-state index is 0.0712. The summed E-state index contributed by atoms with van der Waals surface area (Å²) in [6.07, 6.45) is 11.3. The van der Waals surface area contributed by atoms with Crippen molar-refractivity contribution in [1.29, 1.82) is 0 Å². The molecule has 0 radical (unpaired) electrons. The zero-order chi connectivity index (χ0) is 19.7. The van der Waals surface area contributed by atoms with E-state index in [-0.39, 0.29) is 5.91 Å². The normalized spacial score (nSPS) is 25.5. The smallest absolute Gasteiger partial charge is 0.274 e. The molecule has 7 nitrogen and oxygen atoms in total. The van der Waals surface area contributed by atoms with Gasteiger partial charge < -0.3 is 15.5 Å². The number of hydrogen-bond acceptors (Lipinski definition) is 5. The van der Waals surface area contributed by atoms with Crippen molar-refractivity contribution in [3.05, 3.63) is 48.5 Å². The molecule has 2 aliphatic heterocycles. The van der Waals surface area contributed by atoms with Gasteiger partial charge in [-0.2, -0.15) is 0 Å². The number of para-hydroxylation sites is 2. The zero-order valence-electron chi connectivity index (χ0n) is 16.5. The number of piperidine rings is 1. The summed E-state index contributed by atoms with van der Waals surface area (Å²) in [4.78, 5) is 28.4. The van der Waals surface area contributed by atoms with Gasteiger partial charge in [0.25, 0.3) is 5.91 Å². The summed E-state index contributed by atoms with van der Waals surface area (Å²) in [5.41, 5.74) is 2.11. The number of amides is 1. The molecule has 1 amide bonds. The number of aromatic nitrogens is 2. The molecule has 1 aromatic carbocycles. The van der Waals surface area contributed by atoms with Crippen molar-refractivity contribution >= 4 is 23.1 Å². The fourth-order valence-corrected chi connectivity index (χ4v) is 4.73. The van der Waals surface area contributed by atoms with E-state index in [0.29, 0.717) is 18.3 Å². The molecule has 3 aliphatic rings. The maximum atomic E-state index is 13.1. The van der Waals surface area contributed by atoms with Crippen LogP contribution in [0.15, 0.2) is 47.8 Å². The van der Waals surface area contributed by atoms with Crippen molar-refractivity contribution < 1.29 is 4.79 Å². The number of aliphatic imine (C=N–C) groups is 1. The van der Waals surface area contributed by atoms with Gasteiger partial charge in [-0.15, -0.1) is 0 Å². The standard InChI is InChI=1S/C22H26N6O/c29-20(19-14-23-11-12-24-19)28-13-5-10-22(15-28)21(25-16-6-1-2-7-16)26-17-8-3-4-9-18(17)27-22/h3-4,8-9,11-12,14,16,27H,1-2,5-7,10,13,15H2,(H,25,26). The van der Waals surface area contributed by atoms with Crippen molar-refractivity contribution in [2.45, 2.75) is 50.1 Å². The third-order valence-electron chi connectivity index (χ3n) is 6.21. The van der Waals surface area contributed by atoms with Gasteiger partial charge in [-0.05, 0) is 37.8 Å². The summed E-state index contributed by atoms with van der Waals surface area (Å²) in [6.45, 7) is 1.28. The van der Waals surface area contributed by atoms with E-state index in [1.54, 1.807) is 18.6 Å². The second-order valence-corrected chi connectivity index (χ2v) is 8.21. The second-order valence-electron chi connectivity index (χ2n) is 8.21. The quantitative estimate of drug-likeness (QED) is 0.822. The maximum absolute atomic E-state index is 13.1. The summed E-state index contributed by atoms with van der Waals surface area (Å²) in [5, 5.41) is 7.35. The number of carbonyl (C=O) groups excluding carboxylic acids is 1. The minimum Gasteiger partial charge on any atom is -0.370 e. The van der Waals surface area contributed by atoms with E-state index < -0.39 is 5.54 Å². The van der Waals surface area contributed by atoms with E-state index in [0.717, 1.165) is 49.4 Å². The van der Waals surface area contributed by atoms with Crippen LogP contribution in [0.1, 0.15) is 49.0 Å². The Labute approximate surface area is 170 Å². The molecule has 1 atom stereocenters. The molecule has 1 unspecified atom stereocenters. The highest BCUT2D eigenvalue weighted by Gasteiger charge is 2.45. The van der Waals surface area contributed by atoms with Gasteiger partial charge in [0.15, 0.2) is 0 Å². The lowest BCUT2D eigenvalue weighted by molar-refractivity contribution is 0.0688. The molecule has 2 fully saturated rings. The van der Waals surface area contributed by atoms with Gasteiger partial charge >= 0.3 is 0 Å². The van der Waals surface area contributed by atoms with Gasteiger partial charge in [-0.3, -0.25) is 14.8 Å². The molecule has 3 heterocycles. The molecular weight excluding hydrogens is 364 g/mol. The van der Waals surface area contributed by atoms with Crippen LogP contribution in [0.25, 0.3) is 0 Å². The van der Waals surface area contributed by atoms with Crippen LogP contribution in [0.3, 0.4) is 0 Å². The molecule has 1 saturated heterocycles. The summed E-state index contributed by atoms with van der Waals surface area (Å²) >= 11 is 0. The Morgan fingerprint density at radius 3 is 2.76 bits per heavy atom. The summed E-state index contributed by atoms with van der Waals surface area (Å²) < 4.78 is 0. The third kappa shape index (κ3) is 3.45. The van der Waals surface area contributed by atoms with Crippen LogP contribution in [0.5, 0.6) is 0 Å². The first kappa shape index (κ1) is 18.1. The third-order valence-corrected chi connectivity index (χ3v) is 6.21. The highest BCUT2D eigenvalue weighted by molar-refractivity contribution is 6.10. The second kappa shape index (κ2) is 7.46. The average molecular weight is 390 g/mol. The van der Waals surface area contributed by atoms with Crippen molar-refractivity contribution in [3.8, 4) is 0 Å². The number of hydrogen-bond donors (Lipinski definition) is 2. The minimum atomic E-state index is -0.396. The fraction of sp³-hybridized carbons (Fsp3) is 0.455. The number of nitrogens with zero attached hydrogens (tertiary/aromatic N) is 4. The van der Waals surface area contributed by atoms with Crippen LogP contribution >= 0.6 is 0 Å². The van der Waals surface area contributed by atoms with Crippen molar-refractivity contribution in [1.82, 2.24) is 14.9 Å². The first-order chi connectivity index (χ1) is 14.2. The molecule has 1 saturated carbocycles. The van der Waals surface area contributed by atoms with E-state index in [4.69, 9.17) is 4.99 Å². The predicted molar refractivity (Wildman–Crippen MR) is 113 cm³/mol. The van der Waals surface area contributed by atoms with E-state index in [9.17, 15) is 4.79 Å². The monoisotopic (exact) mass is 390 g/mol. The molecule has 2 N–H and O–H groups in total. The van der Waals surface area contributed by atoms with E-state index in [2.05, 4.69) is 32.7 Å². The predicted octanol–water partition coefficient (Wildman–Crippen LogP) is 3.33. The SMILES string of the molecule is O=C(c1cnccn1)N1CCCC2(C1)Nc1ccccc1NC2=NC1CCCC1. The van der Waals surface area contributed by atoms with Crippen LogP contribution in [-0.2, 0) is 0 Å². The van der Waals surface area contributed by atoms with Gasteiger partial charge in [-0.1, -0.05) is 25.0 Å². The van der Waals surface area contributed by atoms with Gasteiger partial charge in [0.05, 0.1) is 30.2 Å². The van der Waals surface area contributed by atoms with Crippen molar-refractivity contribution in [3.63, 3.8) is 0 Å². The number of benzene rings is 1. The highest BCUT2D eigenvalue weighted by atomic mass is 16.2. The molecular formula is C22H26N6O. The molecule has 1 aliphatic carbocycles. The molecule has 1 aromatic heterocycles. The van der Waals surface area contributed by atoms with E-state index in [1.165, 1.54) is 12.8 Å². The number of carbonyl (C=O) groups is 1. The molecule has 2 aromatic rings. The van der Waals surface area contributed by atoms with E-state index >= 15 is 0 Å². The number of nitrogens with one attached hydrogen (secondary N) is 2. The number of anilines is 2. The zero-order valence-corrected chi connectivity index (χ0v) is 16.5. The lowest BCUT2D eigenvalue weighted by Gasteiger charge is -2.47. The lowest BCUT2D eigenvalue weighted by Crippen LogP contribution is -2.62. The molecule has 29 heavy (non-hydrogen) atoms. The Bertz CT molecular complexity index is 924. The van der Waals surface area contributed by atoms with Crippen molar-refractivity contribution in [2.75, 3.05) is 23.7 Å². The summed E-state index contributed by atoms with van der Waals surface area (Å²) in [7, 11) is 0.